The summed E-state index contributed by atoms with van der Waals surface area (Å²) >= 11 is 0. The van der Waals surface area contributed by atoms with E-state index in [-0.39, 0.29) is 22.7 Å². The maximum atomic E-state index is 9.30. The fourth-order valence-electron chi connectivity index (χ4n) is 5.19. The van der Waals surface area contributed by atoms with Gasteiger partial charge < -0.3 is 10.2 Å². The molecule has 0 radical (unpaired) electrons. The lowest BCUT2D eigenvalue weighted by Gasteiger charge is -2.20. The van der Waals surface area contributed by atoms with Crippen LogP contribution in [0.4, 0.5) is 0 Å². The smallest absolute Gasteiger partial charge is 0.0434 e. The second-order valence-electron chi connectivity index (χ2n) is 8.39. The quantitative estimate of drug-likeness (QED) is 0.553. The first kappa shape index (κ1) is 20.3. The first-order valence-corrected chi connectivity index (χ1v) is 13.1. The Morgan fingerprint density at radius 3 is 1.55 bits per heavy atom. The number of benzene rings is 2. The molecule has 152 valence electrons. The van der Waals surface area contributed by atoms with Crippen LogP contribution in [0.2, 0.25) is 12.1 Å². The molecule has 2 unspecified atom stereocenters. The molecule has 29 heavy (non-hydrogen) atoms. The molecule has 0 saturated heterocycles. The Morgan fingerprint density at radius 1 is 0.655 bits per heavy atom. The van der Waals surface area contributed by atoms with E-state index in [2.05, 4.69) is 60.7 Å². The molecule has 0 aromatic heterocycles. The van der Waals surface area contributed by atoms with Gasteiger partial charge in [0.1, 0.15) is 0 Å². The van der Waals surface area contributed by atoms with E-state index in [0.29, 0.717) is 11.8 Å². The summed E-state index contributed by atoms with van der Waals surface area (Å²) in [5.41, 5.74) is 8.81. The summed E-state index contributed by atoms with van der Waals surface area (Å²) in [5, 5.41) is 18.6. The largest absolute Gasteiger partial charge is 0.396 e. The Labute approximate surface area is 176 Å². The van der Waals surface area contributed by atoms with Gasteiger partial charge in [-0.2, -0.15) is 0 Å². The summed E-state index contributed by atoms with van der Waals surface area (Å²) in [6, 6.07) is 20.3. The van der Waals surface area contributed by atoms with Crippen LogP contribution < -0.4 is 0 Å². The maximum Gasteiger partial charge on any atom is 0.0434 e. The highest BCUT2D eigenvalue weighted by molar-refractivity contribution is 6.36. The second kappa shape index (κ2) is 9.71. The van der Waals surface area contributed by atoms with Gasteiger partial charge >= 0.3 is 0 Å². The molecule has 0 heterocycles. The fraction of sp³-hybridized carbons (Fsp3) is 0.385. The van der Waals surface area contributed by atoms with Gasteiger partial charge in [0.25, 0.3) is 0 Å². The van der Waals surface area contributed by atoms with E-state index in [9.17, 15) is 10.2 Å². The van der Waals surface area contributed by atoms with Crippen molar-refractivity contribution in [1.82, 2.24) is 0 Å². The van der Waals surface area contributed by atoms with Crippen molar-refractivity contribution < 1.29 is 10.2 Å². The number of rotatable bonds is 10. The Hall–Kier alpha value is -1.94. The minimum atomic E-state index is -0.243. The van der Waals surface area contributed by atoms with Crippen LogP contribution >= 0.6 is 0 Å². The predicted octanol–water partition coefficient (Wildman–Crippen LogP) is 4.90. The van der Waals surface area contributed by atoms with E-state index in [0.717, 1.165) is 25.7 Å². The summed E-state index contributed by atoms with van der Waals surface area (Å²) in [6.45, 7) is 0.547. The molecule has 2 aliphatic rings. The van der Waals surface area contributed by atoms with Gasteiger partial charge in [-0.15, -0.1) is 0 Å². The molecule has 0 spiro atoms. The van der Waals surface area contributed by atoms with Crippen molar-refractivity contribution in [2.45, 2.75) is 49.6 Å². The van der Waals surface area contributed by atoms with Crippen LogP contribution in [0.1, 0.15) is 59.8 Å². The number of aliphatic hydroxyl groups is 2. The lowest BCUT2D eigenvalue weighted by molar-refractivity contribution is 0.287. The SMILES string of the molecule is OCCCC1=Cc2ccccc2C1C[SiH2]CC1C(CCCO)=Cc2ccccc21. The van der Waals surface area contributed by atoms with Crippen LogP contribution in [0.25, 0.3) is 12.2 Å². The molecule has 2 aromatic carbocycles. The highest BCUT2D eigenvalue weighted by Gasteiger charge is 2.27. The van der Waals surface area contributed by atoms with E-state index >= 15 is 0 Å². The van der Waals surface area contributed by atoms with Gasteiger partial charge in [-0.25, -0.2) is 0 Å². The third-order valence-electron chi connectivity index (χ3n) is 6.55. The van der Waals surface area contributed by atoms with E-state index < -0.39 is 0 Å². The van der Waals surface area contributed by atoms with Crippen LogP contribution in [0.3, 0.4) is 0 Å². The fourth-order valence-corrected chi connectivity index (χ4v) is 7.60. The minimum absolute atomic E-state index is 0.243. The molecule has 0 fully saturated rings. The number of fused-ring (bicyclic) bond motifs is 2. The van der Waals surface area contributed by atoms with Gasteiger partial charge in [-0.05, 0) is 47.9 Å². The average Bonchev–Trinajstić information content (AvgIpc) is 3.29. The number of aliphatic hydroxyl groups excluding tert-OH is 2. The summed E-state index contributed by atoms with van der Waals surface area (Å²) in [4.78, 5) is 0. The predicted molar refractivity (Wildman–Crippen MR) is 125 cm³/mol. The highest BCUT2D eigenvalue weighted by Crippen LogP contribution is 2.44. The molecule has 2 nitrogen and oxygen atoms in total. The molecule has 0 saturated carbocycles. The Balaban J connectivity index is 1.44. The van der Waals surface area contributed by atoms with Crippen LogP contribution in [-0.4, -0.2) is 32.9 Å². The van der Waals surface area contributed by atoms with Gasteiger partial charge in [-0.3, -0.25) is 0 Å². The Morgan fingerprint density at radius 2 is 1.10 bits per heavy atom. The zero-order valence-electron chi connectivity index (χ0n) is 17.2. The lowest BCUT2D eigenvalue weighted by Crippen LogP contribution is -2.08. The Bertz CT molecular complexity index is 826. The van der Waals surface area contributed by atoms with Crippen LogP contribution in [0.5, 0.6) is 0 Å². The zero-order valence-corrected chi connectivity index (χ0v) is 18.6. The van der Waals surface area contributed by atoms with Gasteiger partial charge in [0.2, 0.25) is 0 Å². The summed E-state index contributed by atoms with van der Waals surface area (Å²) < 4.78 is 0. The maximum absolute atomic E-state index is 9.30. The van der Waals surface area contributed by atoms with Crippen LogP contribution in [0, 0.1) is 0 Å². The average molecular weight is 405 g/mol. The molecular weight excluding hydrogens is 372 g/mol. The van der Waals surface area contributed by atoms with Crippen LogP contribution in [0.15, 0.2) is 59.7 Å². The summed E-state index contributed by atoms with van der Waals surface area (Å²) in [6.07, 6.45) is 8.50. The highest BCUT2D eigenvalue weighted by atomic mass is 28.2. The first-order valence-electron chi connectivity index (χ1n) is 11.1. The van der Waals surface area contributed by atoms with E-state index in [1.165, 1.54) is 45.5 Å². The van der Waals surface area contributed by atoms with Crippen LogP contribution in [-0.2, 0) is 0 Å². The lowest BCUT2D eigenvalue weighted by atomic mass is 9.94. The van der Waals surface area contributed by atoms with Crippen molar-refractivity contribution in [3.8, 4) is 0 Å². The van der Waals surface area contributed by atoms with Crippen molar-refractivity contribution in [2.24, 2.45) is 0 Å². The van der Waals surface area contributed by atoms with E-state index in [1.54, 1.807) is 0 Å². The number of hydrogen-bond donors (Lipinski definition) is 2. The molecule has 0 amide bonds. The van der Waals surface area contributed by atoms with Crippen molar-refractivity contribution in [2.75, 3.05) is 13.2 Å². The van der Waals surface area contributed by atoms with Gasteiger partial charge in [0.05, 0.1) is 0 Å². The Kier molecular flexibility index (Phi) is 6.81. The third kappa shape index (κ3) is 4.47. The number of allylic oxidation sites excluding steroid dienone is 2. The van der Waals surface area contributed by atoms with Crippen molar-refractivity contribution in [1.29, 1.82) is 0 Å². The van der Waals surface area contributed by atoms with Gasteiger partial charge in [-0.1, -0.05) is 83.9 Å². The molecule has 2 aliphatic carbocycles. The zero-order chi connectivity index (χ0) is 20.1. The molecule has 3 heteroatoms. The molecule has 2 atom stereocenters. The second-order valence-corrected chi connectivity index (χ2v) is 10.2. The standard InChI is InChI=1S/C26H32O2Si/c27-13-5-9-21-15-19-7-1-3-11-23(19)25(21)17-29-18-26-22(10-6-14-28)16-20-8-2-4-12-24(20)26/h1-4,7-8,11-12,15-16,25-28H,5-6,9-10,13-14,17-18,29H2. The molecule has 2 aromatic rings. The summed E-state index contributed by atoms with van der Waals surface area (Å²) in [5.74, 6) is 1.12. The molecule has 0 aliphatic heterocycles. The monoisotopic (exact) mass is 404 g/mol. The van der Waals surface area contributed by atoms with Crippen molar-refractivity contribution in [3.63, 3.8) is 0 Å². The normalized spacial score (nSPS) is 20.1. The number of hydrogen-bond acceptors (Lipinski definition) is 2. The van der Waals surface area contributed by atoms with E-state index in [1.807, 2.05) is 0 Å². The first-order chi connectivity index (χ1) is 14.3. The van der Waals surface area contributed by atoms with Gasteiger partial charge in [0, 0.05) is 34.6 Å². The molecule has 2 N–H and O–H groups in total. The summed E-state index contributed by atoms with van der Waals surface area (Å²) in [7, 11) is -0.243. The molecule has 4 rings (SSSR count). The van der Waals surface area contributed by atoms with E-state index in [4.69, 9.17) is 0 Å². The molecular formula is C26H32O2Si. The third-order valence-corrected chi connectivity index (χ3v) is 8.52. The van der Waals surface area contributed by atoms with Crippen molar-refractivity contribution in [3.05, 3.63) is 81.9 Å². The van der Waals surface area contributed by atoms with Gasteiger partial charge in [0.15, 0.2) is 0 Å². The minimum Gasteiger partial charge on any atom is -0.396 e. The van der Waals surface area contributed by atoms with Crippen molar-refractivity contribution >= 4 is 21.7 Å². The molecule has 0 bridgehead atoms. The topological polar surface area (TPSA) is 40.5 Å².